The highest BCUT2D eigenvalue weighted by Crippen LogP contribution is 2.22. The third-order valence-electron chi connectivity index (χ3n) is 3.15. The first kappa shape index (κ1) is 12.9. The van der Waals surface area contributed by atoms with Gasteiger partial charge >= 0.3 is 0 Å². The molecule has 1 aromatic heterocycles. The fraction of sp³-hybridized carbons (Fsp3) is 0.0625. The number of methoxy groups -OCH3 is 1. The van der Waals surface area contributed by atoms with Crippen molar-refractivity contribution in [2.24, 2.45) is 0 Å². The van der Waals surface area contributed by atoms with E-state index in [1.165, 1.54) is 0 Å². The van der Waals surface area contributed by atoms with Gasteiger partial charge in [-0.3, -0.25) is 4.57 Å². The van der Waals surface area contributed by atoms with Crippen LogP contribution in [0.5, 0.6) is 5.75 Å². The summed E-state index contributed by atoms with van der Waals surface area (Å²) in [7, 11) is 1.63. The summed E-state index contributed by atoms with van der Waals surface area (Å²) in [5.41, 5.74) is 2.37. The summed E-state index contributed by atoms with van der Waals surface area (Å²) < 4.78 is 7.03. The zero-order chi connectivity index (χ0) is 14.7. The van der Waals surface area contributed by atoms with Gasteiger partial charge in [-0.25, -0.2) is 0 Å². The highest BCUT2D eigenvalue weighted by Gasteiger charge is 2.09. The van der Waals surface area contributed by atoms with Gasteiger partial charge in [0.2, 0.25) is 0 Å². The molecule has 0 unspecified atom stereocenters. The Bertz CT molecular complexity index is 800. The fourth-order valence-electron chi connectivity index (χ4n) is 2.09. The van der Waals surface area contributed by atoms with E-state index < -0.39 is 0 Å². The van der Waals surface area contributed by atoms with Crippen molar-refractivity contribution in [2.75, 3.05) is 7.11 Å². The second kappa shape index (κ2) is 5.47. The number of hydrogen-bond donors (Lipinski definition) is 0. The number of aromatic nitrogens is 3. The van der Waals surface area contributed by atoms with Crippen LogP contribution in [0.25, 0.3) is 17.1 Å². The highest BCUT2D eigenvalue weighted by atomic mass is 16.5. The lowest BCUT2D eigenvalue weighted by atomic mass is 10.1. The SMILES string of the molecule is COc1ccc(-n2cnnc2-c2cccc(C#N)c2)cc1. The summed E-state index contributed by atoms with van der Waals surface area (Å²) in [5.74, 6) is 1.48. The van der Waals surface area contributed by atoms with Crippen LogP contribution in [0.1, 0.15) is 5.56 Å². The van der Waals surface area contributed by atoms with Gasteiger partial charge in [-0.1, -0.05) is 12.1 Å². The molecule has 0 aliphatic rings. The summed E-state index contributed by atoms with van der Waals surface area (Å²) in [4.78, 5) is 0. The Morgan fingerprint density at radius 2 is 1.95 bits per heavy atom. The van der Waals surface area contributed by atoms with Gasteiger partial charge in [0, 0.05) is 11.3 Å². The molecule has 0 atom stereocenters. The predicted octanol–water partition coefficient (Wildman–Crippen LogP) is 2.81. The number of benzene rings is 2. The number of rotatable bonds is 3. The third-order valence-corrected chi connectivity index (χ3v) is 3.15. The van der Waals surface area contributed by atoms with Crippen molar-refractivity contribution in [2.45, 2.75) is 0 Å². The Labute approximate surface area is 122 Å². The standard InChI is InChI=1S/C16H12N4O/c1-21-15-7-5-14(6-8-15)20-11-18-19-16(20)13-4-2-3-12(9-13)10-17/h2-9,11H,1H3. The van der Waals surface area contributed by atoms with Crippen LogP contribution in [-0.4, -0.2) is 21.9 Å². The quantitative estimate of drug-likeness (QED) is 0.738. The Morgan fingerprint density at radius 3 is 2.67 bits per heavy atom. The smallest absolute Gasteiger partial charge is 0.168 e. The maximum absolute atomic E-state index is 9.00. The second-order valence-electron chi connectivity index (χ2n) is 4.42. The summed E-state index contributed by atoms with van der Waals surface area (Å²) in [6.45, 7) is 0. The lowest BCUT2D eigenvalue weighted by Crippen LogP contribution is -1.96. The molecule has 0 saturated heterocycles. The molecular formula is C16H12N4O. The summed E-state index contributed by atoms with van der Waals surface area (Å²) >= 11 is 0. The second-order valence-corrected chi connectivity index (χ2v) is 4.42. The van der Waals surface area contributed by atoms with Crippen LogP contribution in [0, 0.1) is 11.3 Å². The van der Waals surface area contributed by atoms with Gasteiger partial charge < -0.3 is 4.74 Å². The molecule has 0 aliphatic carbocycles. The van der Waals surface area contributed by atoms with E-state index in [9.17, 15) is 0 Å². The molecule has 0 N–H and O–H groups in total. The zero-order valence-electron chi connectivity index (χ0n) is 11.4. The van der Waals surface area contributed by atoms with E-state index in [4.69, 9.17) is 10.00 Å². The van der Waals surface area contributed by atoms with Crippen molar-refractivity contribution in [1.82, 2.24) is 14.8 Å². The molecule has 0 aliphatic heterocycles. The van der Waals surface area contributed by atoms with E-state index in [0.29, 0.717) is 11.4 Å². The molecule has 21 heavy (non-hydrogen) atoms. The molecule has 0 amide bonds. The van der Waals surface area contributed by atoms with Crippen LogP contribution < -0.4 is 4.74 Å². The maximum atomic E-state index is 9.00. The fourth-order valence-corrected chi connectivity index (χ4v) is 2.09. The van der Waals surface area contributed by atoms with Crippen LogP contribution in [-0.2, 0) is 0 Å². The van der Waals surface area contributed by atoms with Gasteiger partial charge in [0.1, 0.15) is 12.1 Å². The van der Waals surface area contributed by atoms with E-state index in [0.717, 1.165) is 17.0 Å². The first-order valence-electron chi connectivity index (χ1n) is 6.37. The third kappa shape index (κ3) is 2.47. The molecule has 102 valence electrons. The first-order chi connectivity index (χ1) is 10.3. The van der Waals surface area contributed by atoms with Crippen molar-refractivity contribution in [1.29, 1.82) is 5.26 Å². The van der Waals surface area contributed by atoms with Crippen molar-refractivity contribution >= 4 is 0 Å². The Morgan fingerprint density at radius 1 is 1.14 bits per heavy atom. The van der Waals surface area contributed by atoms with Gasteiger partial charge in [-0.05, 0) is 36.4 Å². The van der Waals surface area contributed by atoms with Crippen molar-refractivity contribution in [3.8, 4) is 28.9 Å². The highest BCUT2D eigenvalue weighted by molar-refractivity contribution is 5.60. The topological polar surface area (TPSA) is 63.7 Å². The molecule has 0 fully saturated rings. The van der Waals surface area contributed by atoms with Gasteiger partial charge in [-0.2, -0.15) is 5.26 Å². The van der Waals surface area contributed by atoms with E-state index in [1.807, 2.05) is 41.0 Å². The lowest BCUT2D eigenvalue weighted by Gasteiger charge is -2.07. The molecule has 0 spiro atoms. The first-order valence-corrected chi connectivity index (χ1v) is 6.37. The molecule has 0 radical (unpaired) electrons. The van der Waals surface area contributed by atoms with Gasteiger partial charge in [0.25, 0.3) is 0 Å². The number of nitriles is 1. The molecule has 2 aromatic carbocycles. The Kier molecular flexibility index (Phi) is 3.36. The van der Waals surface area contributed by atoms with Gasteiger partial charge in [0.15, 0.2) is 5.82 Å². The number of ether oxygens (including phenoxy) is 1. The molecule has 0 saturated carbocycles. The number of hydrogen-bond acceptors (Lipinski definition) is 4. The number of nitrogens with zero attached hydrogens (tertiary/aromatic N) is 4. The van der Waals surface area contributed by atoms with E-state index in [2.05, 4.69) is 16.3 Å². The molecule has 5 heteroatoms. The largest absolute Gasteiger partial charge is 0.497 e. The van der Waals surface area contributed by atoms with Crippen molar-refractivity contribution in [3.63, 3.8) is 0 Å². The molecular weight excluding hydrogens is 264 g/mol. The minimum atomic E-state index is 0.594. The molecule has 3 rings (SSSR count). The molecule has 1 heterocycles. The van der Waals surface area contributed by atoms with E-state index in [-0.39, 0.29) is 0 Å². The van der Waals surface area contributed by atoms with Crippen molar-refractivity contribution < 1.29 is 4.74 Å². The predicted molar refractivity (Wildman–Crippen MR) is 78.1 cm³/mol. The van der Waals surface area contributed by atoms with Gasteiger partial charge in [-0.15, -0.1) is 10.2 Å². The van der Waals surface area contributed by atoms with Crippen LogP contribution in [0.4, 0.5) is 0 Å². The van der Waals surface area contributed by atoms with E-state index in [1.54, 1.807) is 25.6 Å². The lowest BCUT2D eigenvalue weighted by molar-refractivity contribution is 0.415. The van der Waals surface area contributed by atoms with E-state index >= 15 is 0 Å². The summed E-state index contributed by atoms with van der Waals surface area (Å²) in [6.07, 6.45) is 1.65. The van der Waals surface area contributed by atoms with Crippen molar-refractivity contribution in [3.05, 3.63) is 60.4 Å². The minimum absolute atomic E-state index is 0.594. The monoisotopic (exact) mass is 276 g/mol. The summed E-state index contributed by atoms with van der Waals surface area (Å²) in [5, 5.41) is 17.1. The molecule has 0 bridgehead atoms. The normalized spacial score (nSPS) is 10.1. The van der Waals surface area contributed by atoms with Crippen LogP contribution in [0.2, 0.25) is 0 Å². The molecule has 5 nitrogen and oxygen atoms in total. The Hall–Kier alpha value is -3.13. The summed E-state index contributed by atoms with van der Waals surface area (Å²) in [6, 6.07) is 17.0. The van der Waals surface area contributed by atoms with Crippen LogP contribution in [0.3, 0.4) is 0 Å². The van der Waals surface area contributed by atoms with Crippen LogP contribution in [0.15, 0.2) is 54.9 Å². The van der Waals surface area contributed by atoms with Crippen LogP contribution >= 0.6 is 0 Å². The average molecular weight is 276 g/mol. The minimum Gasteiger partial charge on any atom is -0.497 e. The average Bonchev–Trinajstić information content (AvgIpc) is 3.04. The zero-order valence-corrected chi connectivity index (χ0v) is 11.4. The molecule has 3 aromatic rings. The van der Waals surface area contributed by atoms with Gasteiger partial charge in [0.05, 0.1) is 18.7 Å². The Balaban J connectivity index is 2.05. The maximum Gasteiger partial charge on any atom is 0.168 e.